The van der Waals surface area contributed by atoms with E-state index in [1.807, 2.05) is 31.2 Å². The molecule has 1 aliphatic rings. The second kappa shape index (κ2) is 6.38. The number of hydrogen-bond donors (Lipinski definition) is 0. The van der Waals surface area contributed by atoms with Crippen molar-refractivity contribution in [3.63, 3.8) is 0 Å². The number of nitrogens with zero attached hydrogens (tertiary/aromatic N) is 4. The maximum atomic E-state index is 10.9. The van der Waals surface area contributed by atoms with Gasteiger partial charge < -0.3 is 0 Å². The van der Waals surface area contributed by atoms with E-state index in [0.29, 0.717) is 5.02 Å². The van der Waals surface area contributed by atoms with Crippen LogP contribution in [0.15, 0.2) is 53.5 Å². The quantitative estimate of drug-likeness (QED) is 0.493. The molecule has 0 N–H and O–H groups in total. The molecule has 0 fully saturated rings. The number of halogens is 1. The number of nitro groups is 1. The van der Waals surface area contributed by atoms with Gasteiger partial charge in [0.2, 0.25) is 0 Å². The Morgan fingerprint density at radius 3 is 2.42 bits per heavy atom. The molecule has 3 aromatic rings. The van der Waals surface area contributed by atoms with E-state index in [-0.39, 0.29) is 5.69 Å². The summed E-state index contributed by atoms with van der Waals surface area (Å²) in [4.78, 5) is 15.3. The Kier molecular flexibility index (Phi) is 4.05. The SMILES string of the molecule is Cc1nn(-c2ccc([N+](=O)[O-])cc2)c2c1CCC(c1ccc(Cl)cc1)=N2. The van der Waals surface area contributed by atoms with Gasteiger partial charge in [-0.1, -0.05) is 23.7 Å². The smallest absolute Gasteiger partial charge is 0.258 e. The fourth-order valence-corrected chi connectivity index (χ4v) is 3.25. The second-order valence-electron chi connectivity index (χ2n) is 6.14. The van der Waals surface area contributed by atoms with E-state index in [0.717, 1.165) is 46.9 Å². The number of fused-ring (bicyclic) bond motifs is 1. The summed E-state index contributed by atoms with van der Waals surface area (Å²) in [7, 11) is 0. The molecule has 0 amide bonds. The first kappa shape index (κ1) is 16.5. The Labute approximate surface area is 154 Å². The van der Waals surface area contributed by atoms with Crippen molar-refractivity contribution in [1.82, 2.24) is 9.78 Å². The van der Waals surface area contributed by atoms with Crippen LogP contribution in [0.2, 0.25) is 5.02 Å². The van der Waals surface area contributed by atoms with Crippen molar-refractivity contribution >= 4 is 28.8 Å². The Bertz CT molecular complexity index is 1020. The lowest BCUT2D eigenvalue weighted by atomic mass is 9.99. The van der Waals surface area contributed by atoms with Crippen LogP contribution in [0.25, 0.3) is 5.69 Å². The summed E-state index contributed by atoms with van der Waals surface area (Å²) in [6.07, 6.45) is 1.69. The summed E-state index contributed by atoms with van der Waals surface area (Å²) >= 11 is 5.97. The number of nitro benzene ring substituents is 1. The van der Waals surface area contributed by atoms with Crippen molar-refractivity contribution in [1.29, 1.82) is 0 Å². The molecule has 0 radical (unpaired) electrons. The first-order valence-corrected chi connectivity index (χ1v) is 8.57. The lowest BCUT2D eigenvalue weighted by Crippen LogP contribution is -2.08. The van der Waals surface area contributed by atoms with Crippen LogP contribution in [0.1, 0.15) is 23.2 Å². The van der Waals surface area contributed by atoms with E-state index in [9.17, 15) is 10.1 Å². The number of aliphatic imine (C=N–C) groups is 1. The van der Waals surface area contributed by atoms with Gasteiger partial charge in [0.1, 0.15) is 0 Å². The number of non-ortho nitro benzene ring substituents is 1. The van der Waals surface area contributed by atoms with Gasteiger partial charge in [0.25, 0.3) is 5.69 Å². The van der Waals surface area contributed by atoms with Crippen molar-refractivity contribution in [2.75, 3.05) is 0 Å². The van der Waals surface area contributed by atoms with Crippen LogP contribution in [-0.4, -0.2) is 20.4 Å². The zero-order chi connectivity index (χ0) is 18.3. The molecule has 7 heteroatoms. The van der Waals surface area contributed by atoms with Crippen molar-refractivity contribution in [2.45, 2.75) is 19.8 Å². The van der Waals surface area contributed by atoms with Gasteiger partial charge in [-0.3, -0.25) is 10.1 Å². The Hall–Kier alpha value is -2.99. The summed E-state index contributed by atoms with van der Waals surface area (Å²) in [5.41, 5.74) is 4.86. The third-order valence-corrected chi connectivity index (χ3v) is 4.74. The highest BCUT2D eigenvalue weighted by atomic mass is 35.5. The van der Waals surface area contributed by atoms with Crippen molar-refractivity contribution in [3.8, 4) is 5.69 Å². The van der Waals surface area contributed by atoms with Gasteiger partial charge in [-0.05, 0) is 49.6 Å². The predicted octanol–water partition coefficient (Wildman–Crippen LogP) is 4.81. The molecule has 0 bridgehead atoms. The Morgan fingerprint density at radius 2 is 1.77 bits per heavy atom. The monoisotopic (exact) mass is 366 g/mol. The van der Waals surface area contributed by atoms with Gasteiger partial charge in [0.05, 0.1) is 22.0 Å². The lowest BCUT2D eigenvalue weighted by molar-refractivity contribution is -0.384. The molecule has 1 aliphatic heterocycles. The molecule has 0 saturated carbocycles. The van der Waals surface area contributed by atoms with Gasteiger partial charge >= 0.3 is 0 Å². The van der Waals surface area contributed by atoms with Crippen molar-refractivity contribution < 1.29 is 4.92 Å². The third-order valence-electron chi connectivity index (χ3n) is 4.49. The highest BCUT2D eigenvalue weighted by molar-refractivity contribution is 6.30. The molecule has 0 aliphatic carbocycles. The standard InChI is InChI=1S/C19H15ClN4O2/c1-12-17-10-11-18(13-2-4-14(20)5-3-13)21-19(17)23(22-12)15-6-8-16(9-7-15)24(25)26/h2-9H,10-11H2,1H3. The second-order valence-corrected chi connectivity index (χ2v) is 6.57. The molecule has 130 valence electrons. The maximum Gasteiger partial charge on any atom is 0.269 e. The summed E-state index contributed by atoms with van der Waals surface area (Å²) in [6.45, 7) is 1.96. The first-order valence-electron chi connectivity index (χ1n) is 8.20. The number of rotatable bonds is 3. The predicted molar refractivity (Wildman–Crippen MR) is 101 cm³/mol. The summed E-state index contributed by atoms with van der Waals surface area (Å²) in [6, 6.07) is 14.0. The zero-order valence-electron chi connectivity index (χ0n) is 14.0. The fourth-order valence-electron chi connectivity index (χ4n) is 3.13. The molecule has 6 nitrogen and oxygen atoms in total. The molecule has 2 aromatic carbocycles. The minimum atomic E-state index is -0.412. The summed E-state index contributed by atoms with van der Waals surface area (Å²) in [5, 5.41) is 16.2. The van der Waals surface area contributed by atoms with Gasteiger partial charge in [-0.25, -0.2) is 9.67 Å². The van der Waals surface area contributed by atoms with E-state index >= 15 is 0 Å². The number of benzene rings is 2. The van der Waals surface area contributed by atoms with Crippen LogP contribution in [0.3, 0.4) is 0 Å². The van der Waals surface area contributed by atoms with E-state index in [4.69, 9.17) is 16.6 Å². The first-order chi connectivity index (χ1) is 12.5. The molecule has 1 aromatic heterocycles. The lowest BCUT2D eigenvalue weighted by Gasteiger charge is -2.14. The number of hydrogen-bond acceptors (Lipinski definition) is 4. The van der Waals surface area contributed by atoms with Crippen LogP contribution in [0, 0.1) is 17.0 Å². The van der Waals surface area contributed by atoms with Crippen LogP contribution in [0.5, 0.6) is 0 Å². The minimum Gasteiger partial charge on any atom is -0.258 e. The van der Waals surface area contributed by atoms with Crippen molar-refractivity contribution in [3.05, 3.63) is 80.5 Å². The van der Waals surface area contributed by atoms with Crippen molar-refractivity contribution in [2.24, 2.45) is 4.99 Å². The van der Waals surface area contributed by atoms with Crippen LogP contribution < -0.4 is 0 Å². The largest absolute Gasteiger partial charge is 0.269 e. The van der Waals surface area contributed by atoms with Gasteiger partial charge in [-0.2, -0.15) is 5.10 Å². The third kappa shape index (κ3) is 2.88. The van der Waals surface area contributed by atoms with Gasteiger partial charge in [0, 0.05) is 22.7 Å². The molecule has 4 rings (SSSR count). The molecular formula is C19H15ClN4O2. The normalized spacial score (nSPS) is 13.2. The maximum absolute atomic E-state index is 10.9. The molecular weight excluding hydrogens is 352 g/mol. The summed E-state index contributed by atoms with van der Waals surface area (Å²) in [5.74, 6) is 0.785. The van der Waals surface area contributed by atoms with Crippen LogP contribution >= 0.6 is 11.6 Å². The topological polar surface area (TPSA) is 73.3 Å². The van der Waals surface area contributed by atoms with E-state index in [2.05, 4.69) is 5.10 Å². The molecule has 2 heterocycles. The van der Waals surface area contributed by atoms with E-state index in [1.165, 1.54) is 12.1 Å². The highest BCUT2D eigenvalue weighted by Gasteiger charge is 2.22. The van der Waals surface area contributed by atoms with Gasteiger partial charge in [0.15, 0.2) is 5.82 Å². The molecule has 0 spiro atoms. The van der Waals surface area contributed by atoms with Gasteiger partial charge in [-0.15, -0.1) is 0 Å². The molecule has 0 saturated heterocycles. The van der Waals surface area contributed by atoms with Crippen LogP contribution in [-0.2, 0) is 6.42 Å². The minimum absolute atomic E-state index is 0.0526. The van der Waals surface area contributed by atoms with Crippen LogP contribution in [0.4, 0.5) is 11.5 Å². The summed E-state index contributed by atoms with van der Waals surface area (Å²) < 4.78 is 1.75. The fraction of sp³-hybridized carbons (Fsp3) is 0.158. The van der Waals surface area contributed by atoms with E-state index < -0.39 is 4.92 Å². The molecule has 0 unspecified atom stereocenters. The molecule has 0 atom stereocenters. The Balaban J connectivity index is 1.78. The Morgan fingerprint density at radius 1 is 1.08 bits per heavy atom. The van der Waals surface area contributed by atoms with E-state index in [1.54, 1.807) is 16.8 Å². The highest BCUT2D eigenvalue weighted by Crippen LogP contribution is 2.33. The molecule has 26 heavy (non-hydrogen) atoms. The number of aromatic nitrogens is 2. The average molecular weight is 367 g/mol. The average Bonchev–Trinajstić information content (AvgIpc) is 2.98. The number of aryl methyl sites for hydroxylation is 1. The zero-order valence-corrected chi connectivity index (χ0v) is 14.8.